The molecule has 688 valence electrons. The van der Waals surface area contributed by atoms with Gasteiger partial charge in [-0.1, -0.05) is 317 Å². The molecule has 23 nitrogen and oxygen atoms in total. The zero-order valence-electron chi connectivity index (χ0n) is 76.2. The second-order valence-corrected chi connectivity index (χ2v) is 36.7. The highest BCUT2D eigenvalue weighted by atomic mass is 16.8. The highest BCUT2D eigenvalue weighted by Gasteiger charge is 2.63. The van der Waals surface area contributed by atoms with Crippen molar-refractivity contribution in [3.8, 4) is 0 Å². The summed E-state index contributed by atoms with van der Waals surface area (Å²) in [4.78, 5) is 3.56. The molecule has 23 heteroatoms. The molecule has 6 aliphatic heterocycles. The van der Waals surface area contributed by atoms with Crippen LogP contribution in [0.25, 0.3) is 10.4 Å². The van der Waals surface area contributed by atoms with Crippen LogP contribution in [-0.4, -0.2) is 167 Å². The van der Waals surface area contributed by atoms with Gasteiger partial charge >= 0.3 is 0 Å². The van der Waals surface area contributed by atoms with Gasteiger partial charge in [-0.15, -0.1) is 0 Å². The van der Waals surface area contributed by atoms with E-state index in [0.717, 1.165) is 50.9 Å². The fourth-order valence-corrected chi connectivity index (χ4v) is 19.2. The Balaban J connectivity index is 0.738. The highest BCUT2D eigenvalue weighted by molar-refractivity contribution is 5.21. The molecule has 8 aromatic rings. The van der Waals surface area contributed by atoms with Crippen LogP contribution in [0.5, 0.6) is 0 Å². The first-order valence-electron chi connectivity index (χ1n) is 46.4. The quantitative estimate of drug-likeness (QED) is 0.0197. The molecule has 7 aliphatic rings. The van der Waals surface area contributed by atoms with Crippen LogP contribution in [0.3, 0.4) is 0 Å². The lowest BCUT2D eigenvalue weighted by Gasteiger charge is -2.52. The van der Waals surface area contributed by atoms with Crippen molar-refractivity contribution >= 4 is 0 Å². The molecular formula is C105H133N3O20. The minimum Gasteiger partial charge on any atom is -0.374 e. The minimum atomic E-state index is -1.27. The SMILES string of the molecule is CCC1O[C@@H](OC2[C@H](OCC3O[C@@H](O[C@H]4C(COCc5ccccc5)O[C@@H](OC5C(OCc6ccccc6)C(OCc6ccccc6)C(OCc6ccccc6)[C@@H]6OC(C)(C)O[C@@H]56)C(N=[N+]=[N-])[C@H]4C)C(OCc4ccccc4)[C@@H](C)[C@H]3C)OC(COCc3ccccc3)[C@H](C)[C@@H]2C)C(O[C@@H]2OC(COCc3ccccc3)[C@H](C)[C@H](C)C2OCc2ccccc2)[C@@H](C)[C@H]1C. The third-order valence-corrected chi connectivity index (χ3v) is 27.6. The number of azide groups is 1. The maximum atomic E-state index is 11.0. The van der Waals surface area contributed by atoms with E-state index in [1.807, 2.05) is 227 Å². The molecule has 8 aromatic carbocycles. The Hall–Kier alpha value is -7.73. The van der Waals surface area contributed by atoms with Crippen molar-refractivity contribution in [2.75, 3.05) is 26.4 Å². The second-order valence-electron chi connectivity index (χ2n) is 36.7. The van der Waals surface area contributed by atoms with Crippen LogP contribution in [0.4, 0.5) is 0 Å². The van der Waals surface area contributed by atoms with Crippen molar-refractivity contribution in [1.29, 1.82) is 0 Å². The van der Waals surface area contributed by atoms with E-state index in [4.69, 9.17) is 94.7 Å². The molecule has 0 radical (unpaired) electrons. The summed E-state index contributed by atoms with van der Waals surface area (Å²) in [5.74, 6) is -2.50. The zero-order chi connectivity index (χ0) is 89.0. The average Bonchev–Trinajstić information content (AvgIpc) is 1.52. The molecule has 0 spiro atoms. The van der Waals surface area contributed by atoms with Crippen molar-refractivity contribution < 1.29 is 94.7 Å². The molecule has 7 fully saturated rings. The van der Waals surface area contributed by atoms with E-state index in [1.54, 1.807) is 0 Å². The first-order valence-corrected chi connectivity index (χ1v) is 46.4. The van der Waals surface area contributed by atoms with Crippen LogP contribution < -0.4 is 0 Å². The Morgan fingerprint density at radius 2 is 0.547 bits per heavy atom. The molecule has 15 rings (SSSR count). The molecule has 0 N–H and O–H groups in total. The van der Waals surface area contributed by atoms with E-state index in [0.29, 0.717) is 26.4 Å². The molecule has 0 amide bonds. The molecule has 0 aromatic heterocycles. The average molecular weight is 1760 g/mol. The van der Waals surface area contributed by atoms with E-state index >= 15 is 0 Å². The molecule has 6 heterocycles. The normalized spacial score (nSPS) is 34.7. The van der Waals surface area contributed by atoms with Gasteiger partial charge in [0.15, 0.2) is 37.2 Å². The lowest BCUT2D eigenvalue weighted by Crippen LogP contribution is -2.67. The smallest absolute Gasteiger partial charge is 0.185 e. The number of nitrogens with zero attached hydrogens (tertiary/aromatic N) is 3. The van der Waals surface area contributed by atoms with E-state index in [-0.39, 0.29) is 112 Å². The van der Waals surface area contributed by atoms with Crippen LogP contribution in [0, 0.1) is 53.3 Å². The van der Waals surface area contributed by atoms with Gasteiger partial charge in [0.05, 0.1) is 116 Å². The summed E-state index contributed by atoms with van der Waals surface area (Å²) < 4.78 is 144. The first kappa shape index (κ1) is 94.9. The first-order chi connectivity index (χ1) is 62.3. The summed E-state index contributed by atoms with van der Waals surface area (Å²) in [6, 6.07) is 79.6. The van der Waals surface area contributed by atoms with Gasteiger partial charge in [-0.3, -0.25) is 0 Å². The minimum absolute atomic E-state index is 0.00283. The van der Waals surface area contributed by atoms with Crippen LogP contribution in [0.2, 0.25) is 0 Å². The number of hydrogen-bond acceptors (Lipinski definition) is 21. The number of hydrogen-bond donors (Lipinski definition) is 0. The van der Waals surface area contributed by atoms with E-state index in [9.17, 15) is 5.53 Å². The van der Waals surface area contributed by atoms with Gasteiger partial charge in [-0.25, -0.2) is 0 Å². The molecule has 1 saturated carbocycles. The predicted molar refractivity (Wildman–Crippen MR) is 482 cm³/mol. The summed E-state index contributed by atoms with van der Waals surface area (Å²) in [6.07, 6.45) is -15.3. The third-order valence-electron chi connectivity index (χ3n) is 27.6. The van der Waals surface area contributed by atoms with E-state index < -0.39 is 135 Å². The topological polar surface area (TPSA) is 233 Å². The maximum Gasteiger partial charge on any atom is 0.185 e. The van der Waals surface area contributed by atoms with Crippen molar-refractivity contribution in [2.45, 2.75) is 283 Å². The molecule has 1 aliphatic carbocycles. The number of benzene rings is 8. The van der Waals surface area contributed by atoms with Crippen molar-refractivity contribution in [3.05, 3.63) is 298 Å². The standard InChI is InChI=1S/C105H133N3O20/c1-13-83-66(2)72(8)93(125-103-91(113-58-79-46-30-18-31-47-79)70(6)67(3)85(120-103)63-110-55-76-40-24-15-25-41-76)104(118-83)124-92-73(9)69(5)84(62-109-54-75-38-22-14-23-39-75)119-101(92)117-65-86-68(4)71(7)90(112-57-78-44-28-17-29-45-78)102(121-86)123-89-74(10)88(107-108-106)100(122-87(89)64-111-56-77-42-26-16-27-43-77)126-97-95(115-60-81-50-34-20-35-51-81)94(114-59-80-48-32-19-33-49-80)96(98-99(97)128-105(11,12)127-98)116-61-82-52-36-21-37-53-82/h14-53,66-74,83-104H,13,54-65H2,1-12H3/t66-,67-,68-,69-,70+,71+,72+,73+,74-,83?,84?,85?,86?,87?,88?,89-,90?,91?,92?,93?,94?,95?,96?,97?,98+,99+,100+,101-,102+,103+,104+/m1/s1. The molecule has 0 bridgehead atoms. The van der Waals surface area contributed by atoms with Crippen LogP contribution in [0.1, 0.15) is 134 Å². The van der Waals surface area contributed by atoms with Gasteiger partial charge in [0, 0.05) is 4.91 Å². The molecule has 6 saturated heterocycles. The van der Waals surface area contributed by atoms with E-state index in [1.165, 1.54) is 0 Å². The predicted octanol–water partition coefficient (Wildman–Crippen LogP) is 19.1. The summed E-state index contributed by atoms with van der Waals surface area (Å²) >= 11 is 0. The van der Waals surface area contributed by atoms with Crippen LogP contribution in [0.15, 0.2) is 248 Å². The molecule has 31 atom stereocenters. The maximum absolute atomic E-state index is 11.0. The third kappa shape index (κ3) is 24.2. The Morgan fingerprint density at radius 1 is 0.273 bits per heavy atom. The van der Waals surface area contributed by atoms with Gasteiger partial charge in [0.1, 0.15) is 67.1 Å². The number of ether oxygens (including phenoxy) is 20. The van der Waals surface area contributed by atoms with Crippen molar-refractivity contribution in [1.82, 2.24) is 0 Å². The zero-order valence-corrected chi connectivity index (χ0v) is 76.2. The van der Waals surface area contributed by atoms with Gasteiger partial charge in [-0.05, 0) is 124 Å². The fourth-order valence-electron chi connectivity index (χ4n) is 19.2. The Morgan fingerprint density at radius 3 is 0.930 bits per heavy atom. The Bertz CT molecular complexity index is 4600. The van der Waals surface area contributed by atoms with Crippen molar-refractivity contribution in [3.63, 3.8) is 0 Å². The summed E-state index contributed by atoms with van der Waals surface area (Å²) in [5.41, 5.74) is 18.9. The fraction of sp³-hybridized carbons (Fsp3) is 0.543. The van der Waals surface area contributed by atoms with Gasteiger partial charge in [-0.2, -0.15) is 0 Å². The van der Waals surface area contributed by atoms with E-state index in [2.05, 4.69) is 109 Å². The summed E-state index contributed by atoms with van der Waals surface area (Å²) in [6.45, 7) is 28.5. The lowest BCUT2D eigenvalue weighted by molar-refractivity contribution is -0.381. The monoisotopic (exact) mass is 1760 g/mol. The van der Waals surface area contributed by atoms with Crippen molar-refractivity contribution in [2.24, 2.45) is 58.4 Å². The summed E-state index contributed by atoms with van der Waals surface area (Å²) in [5, 5.41) is 4.62. The van der Waals surface area contributed by atoms with Crippen LogP contribution >= 0.6 is 0 Å². The molecule has 14 unspecified atom stereocenters. The van der Waals surface area contributed by atoms with Gasteiger partial charge < -0.3 is 94.7 Å². The Labute approximate surface area is 756 Å². The van der Waals surface area contributed by atoms with Crippen LogP contribution in [-0.2, 0) is 148 Å². The molecule has 128 heavy (non-hydrogen) atoms. The second kappa shape index (κ2) is 46.1. The lowest BCUT2D eigenvalue weighted by atomic mass is 9.81. The Kier molecular flexibility index (Phi) is 34.2. The van der Waals surface area contributed by atoms with Gasteiger partial charge in [0.2, 0.25) is 0 Å². The largest absolute Gasteiger partial charge is 0.374 e. The highest BCUT2D eigenvalue weighted by Crippen LogP contribution is 2.48. The number of rotatable bonds is 40. The van der Waals surface area contributed by atoms with Gasteiger partial charge in [0.25, 0.3) is 0 Å². The molecular weight excluding hydrogens is 1620 g/mol. The summed E-state index contributed by atoms with van der Waals surface area (Å²) in [7, 11) is 0. The number of fused-ring (bicyclic) bond motifs is 1.